The molecule has 0 unspecified atom stereocenters. The van der Waals surface area contributed by atoms with Crippen LogP contribution in [0.25, 0.3) is 0 Å². The minimum Gasteiger partial charge on any atom is -0.478 e. The molecule has 1 fully saturated rings. The van der Waals surface area contributed by atoms with Crippen LogP contribution in [0, 0.1) is 13.8 Å². The molecule has 1 aliphatic heterocycles. The van der Waals surface area contributed by atoms with E-state index < -0.39 is 29.8 Å². The van der Waals surface area contributed by atoms with E-state index in [1.165, 1.54) is 18.2 Å². The highest BCUT2D eigenvalue weighted by Crippen LogP contribution is 2.30. The number of carboxylic acids is 2. The molecule has 2 N–H and O–H groups in total. The Balaban J connectivity index is 0.000000352. The Labute approximate surface area is 240 Å². The number of amides is 1. The van der Waals surface area contributed by atoms with Crippen LogP contribution < -0.4 is 0 Å². The van der Waals surface area contributed by atoms with Crippen LogP contribution in [0.1, 0.15) is 67.3 Å². The number of hydrogen-bond acceptors (Lipinski definition) is 4. The molecule has 0 radical (unpaired) electrons. The molecule has 4 rings (SSSR count). The van der Waals surface area contributed by atoms with Crippen LogP contribution >= 0.6 is 11.6 Å². The molecule has 0 bridgehead atoms. The number of alkyl halides is 3. The van der Waals surface area contributed by atoms with Crippen LogP contribution in [0.4, 0.5) is 18.0 Å². The molecule has 41 heavy (non-hydrogen) atoms. The van der Waals surface area contributed by atoms with Gasteiger partial charge in [0.25, 0.3) is 0 Å². The molecule has 218 valence electrons. The van der Waals surface area contributed by atoms with Gasteiger partial charge in [-0.3, -0.25) is 0 Å². The fraction of sp³-hybridized carbons (Fsp3) is 0.300. The number of ether oxygens (including phenoxy) is 1. The van der Waals surface area contributed by atoms with Gasteiger partial charge in [0.15, 0.2) is 0 Å². The van der Waals surface area contributed by atoms with E-state index in [0.717, 1.165) is 36.1 Å². The summed E-state index contributed by atoms with van der Waals surface area (Å²) < 4.78 is 43.1. The van der Waals surface area contributed by atoms with E-state index in [2.05, 4.69) is 0 Å². The SMILES string of the molecule is Cc1ccc(Cl)cc1C(=O)O.Cc1ccc([C@H]2CCCN(C(=O)OCc3ccc(C(F)(F)F)cc3)C2)cc1C(=O)O. The van der Waals surface area contributed by atoms with Crippen molar-refractivity contribution < 1.29 is 42.5 Å². The number of carboxylic acid groups (broad SMARTS) is 2. The average molecular weight is 592 g/mol. The van der Waals surface area contributed by atoms with Crippen LogP contribution in [0.3, 0.4) is 0 Å². The zero-order chi connectivity index (χ0) is 30.3. The third-order valence-electron chi connectivity index (χ3n) is 6.72. The molecule has 1 saturated heterocycles. The summed E-state index contributed by atoms with van der Waals surface area (Å²) in [6.07, 6.45) is -3.37. The number of aryl methyl sites for hydroxylation is 2. The standard InChI is InChI=1S/C22H22F3NO4.C8H7ClO2/c1-14-4-7-16(11-19(14)20(27)28)17-3-2-10-26(12-17)21(29)30-13-15-5-8-18(9-6-15)22(23,24)25;1-5-2-3-6(9)4-7(5)8(10)11/h4-9,11,17H,2-3,10,12-13H2,1H3,(H,27,28);2-4H,1H3,(H,10,11)/t17-;/m0./s1. The third kappa shape index (κ3) is 8.72. The van der Waals surface area contributed by atoms with Crippen LogP contribution in [0.5, 0.6) is 0 Å². The monoisotopic (exact) mass is 591 g/mol. The molecule has 3 aromatic rings. The van der Waals surface area contributed by atoms with Gasteiger partial charge in [-0.15, -0.1) is 0 Å². The molecule has 11 heteroatoms. The second kappa shape index (κ2) is 13.5. The van der Waals surface area contributed by atoms with Gasteiger partial charge in [0.2, 0.25) is 0 Å². The minimum atomic E-state index is -4.41. The Morgan fingerprint density at radius 3 is 2.07 bits per heavy atom. The van der Waals surface area contributed by atoms with Gasteiger partial charge in [-0.25, -0.2) is 14.4 Å². The Kier molecular flexibility index (Phi) is 10.4. The number of rotatable bonds is 5. The number of likely N-dealkylation sites (tertiary alicyclic amines) is 1. The maximum atomic E-state index is 12.6. The lowest BCUT2D eigenvalue weighted by atomic mass is 9.89. The van der Waals surface area contributed by atoms with Crippen molar-refractivity contribution in [2.75, 3.05) is 13.1 Å². The topological polar surface area (TPSA) is 104 Å². The number of halogens is 4. The molecule has 1 amide bonds. The molecular weight excluding hydrogens is 563 g/mol. The Bertz CT molecular complexity index is 1410. The Morgan fingerprint density at radius 1 is 0.927 bits per heavy atom. The molecule has 3 aromatic carbocycles. The first-order valence-electron chi connectivity index (χ1n) is 12.7. The van der Waals surface area contributed by atoms with E-state index in [1.807, 2.05) is 6.07 Å². The summed E-state index contributed by atoms with van der Waals surface area (Å²) in [6, 6.07) is 14.6. The van der Waals surface area contributed by atoms with E-state index in [1.54, 1.807) is 43.0 Å². The number of piperidine rings is 1. The second-order valence-corrected chi connectivity index (χ2v) is 10.1. The highest BCUT2D eigenvalue weighted by molar-refractivity contribution is 6.30. The predicted molar refractivity (Wildman–Crippen MR) is 146 cm³/mol. The van der Waals surface area contributed by atoms with Crippen molar-refractivity contribution in [3.05, 3.63) is 105 Å². The fourth-order valence-electron chi connectivity index (χ4n) is 4.39. The molecule has 1 heterocycles. The van der Waals surface area contributed by atoms with Crippen molar-refractivity contribution in [3.63, 3.8) is 0 Å². The summed E-state index contributed by atoms with van der Waals surface area (Å²) in [7, 11) is 0. The van der Waals surface area contributed by atoms with E-state index in [9.17, 15) is 32.7 Å². The molecule has 0 spiro atoms. The lowest BCUT2D eigenvalue weighted by molar-refractivity contribution is -0.137. The Hall–Kier alpha value is -4.05. The summed E-state index contributed by atoms with van der Waals surface area (Å²) in [5.41, 5.74) is 2.48. The molecule has 1 aliphatic rings. The van der Waals surface area contributed by atoms with Crippen LogP contribution in [0.2, 0.25) is 5.02 Å². The number of carbonyl (C=O) groups is 3. The molecule has 0 saturated carbocycles. The largest absolute Gasteiger partial charge is 0.478 e. The van der Waals surface area contributed by atoms with Crippen molar-refractivity contribution in [1.29, 1.82) is 0 Å². The van der Waals surface area contributed by atoms with Crippen LogP contribution in [-0.2, 0) is 17.5 Å². The number of hydrogen-bond donors (Lipinski definition) is 2. The maximum Gasteiger partial charge on any atom is 0.416 e. The van der Waals surface area contributed by atoms with Crippen molar-refractivity contribution in [3.8, 4) is 0 Å². The van der Waals surface area contributed by atoms with Gasteiger partial charge in [-0.1, -0.05) is 41.9 Å². The number of benzene rings is 3. The first-order valence-corrected chi connectivity index (χ1v) is 13.0. The number of nitrogens with zero attached hydrogens (tertiary/aromatic N) is 1. The normalized spacial score (nSPS) is 15.0. The third-order valence-corrected chi connectivity index (χ3v) is 6.95. The van der Waals surface area contributed by atoms with Gasteiger partial charge in [0.1, 0.15) is 6.61 Å². The smallest absolute Gasteiger partial charge is 0.416 e. The lowest BCUT2D eigenvalue weighted by Crippen LogP contribution is -2.39. The Morgan fingerprint density at radius 2 is 1.51 bits per heavy atom. The highest BCUT2D eigenvalue weighted by Gasteiger charge is 2.30. The van der Waals surface area contributed by atoms with Crippen molar-refractivity contribution in [1.82, 2.24) is 4.90 Å². The van der Waals surface area contributed by atoms with Crippen molar-refractivity contribution >= 4 is 29.6 Å². The van der Waals surface area contributed by atoms with Gasteiger partial charge >= 0.3 is 24.2 Å². The van der Waals surface area contributed by atoms with Gasteiger partial charge in [0, 0.05) is 24.0 Å². The quantitative estimate of drug-likeness (QED) is 0.317. The van der Waals surface area contributed by atoms with E-state index in [4.69, 9.17) is 21.4 Å². The molecule has 0 aromatic heterocycles. The summed E-state index contributed by atoms with van der Waals surface area (Å²) in [5.74, 6) is -1.93. The summed E-state index contributed by atoms with van der Waals surface area (Å²) in [4.78, 5) is 35.9. The van der Waals surface area contributed by atoms with Crippen LogP contribution in [-0.4, -0.2) is 46.2 Å². The van der Waals surface area contributed by atoms with Gasteiger partial charge in [-0.2, -0.15) is 13.2 Å². The summed E-state index contributed by atoms with van der Waals surface area (Å²) in [5, 5.41) is 18.4. The van der Waals surface area contributed by atoms with Crippen molar-refractivity contribution in [2.45, 2.75) is 45.4 Å². The first-order chi connectivity index (χ1) is 19.3. The van der Waals surface area contributed by atoms with Crippen LogP contribution in [0.15, 0.2) is 60.7 Å². The van der Waals surface area contributed by atoms with Gasteiger partial charge in [0.05, 0.1) is 16.7 Å². The van der Waals surface area contributed by atoms with E-state index >= 15 is 0 Å². The highest BCUT2D eigenvalue weighted by atomic mass is 35.5. The first kappa shape index (κ1) is 31.5. The maximum absolute atomic E-state index is 12.6. The minimum absolute atomic E-state index is 0.00364. The van der Waals surface area contributed by atoms with E-state index in [-0.39, 0.29) is 23.7 Å². The molecule has 0 aliphatic carbocycles. The number of aromatic carboxylic acids is 2. The molecule has 1 atom stereocenters. The van der Waals surface area contributed by atoms with Crippen molar-refractivity contribution in [2.24, 2.45) is 0 Å². The summed E-state index contributed by atoms with van der Waals surface area (Å²) in [6.45, 7) is 4.26. The summed E-state index contributed by atoms with van der Waals surface area (Å²) >= 11 is 5.60. The zero-order valence-electron chi connectivity index (χ0n) is 22.4. The zero-order valence-corrected chi connectivity index (χ0v) is 23.1. The fourth-order valence-corrected chi connectivity index (χ4v) is 4.56. The molecular formula is C30H29ClF3NO6. The van der Waals surface area contributed by atoms with Gasteiger partial charge in [-0.05, 0) is 79.3 Å². The predicted octanol–water partition coefficient (Wildman–Crippen LogP) is 7.57. The molecule has 7 nitrogen and oxygen atoms in total. The number of carbonyl (C=O) groups excluding carboxylic acids is 1. The van der Waals surface area contributed by atoms with E-state index in [0.29, 0.717) is 29.2 Å². The van der Waals surface area contributed by atoms with Gasteiger partial charge < -0.3 is 19.8 Å². The average Bonchev–Trinajstić information content (AvgIpc) is 2.93. The lowest BCUT2D eigenvalue weighted by Gasteiger charge is -2.32. The second-order valence-electron chi connectivity index (χ2n) is 9.68.